The number of carbonyl (C=O) groups excluding carboxylic acids is 3. The number of hydrogen-bond acceptors (Lipinski definition) is 9. The molecule has 0 radical (unpaired) electrons. The van der Waals surface area contributed by atoms with Gasteiger partial charge in [-0.1, -0.05) is 26.0 Å². The van der Waals surface area contributed by atoms with E-state index >= 15 is 0 Å². The molecule has 0 bridgehead atoms. The molecule has 2 aromatic rings. The Morgan fingerprint density at radius 2 is 1.77 bits per heavy atom. The molecule has 1 aliphatic heterocycles. The summed E-state index contributed by atoms with van der Waals surface area (Å²) in [5.41, 5.74) is -2.49. The molecule has 2 aliphatic carbocycles. The van der Waals surface area contributed by atoms with Crippen molar-refractivity contribution in [3.05, 3.63) is 51.6 Å². The Morgan fingerprint density at radius 1 is 1.08 bits per heavy atom. The molecular weight excluding hydrogens is 504 g/mol. The van der Waals surface area contributed by atoms with Gasteiger partial charge in [0, 0.05) is 23.1 Å². The fourth-order valence-corrected chi connectivity index (χ4v) is 6.72. The van der Waals surface area contributed by atoms with Crippen molar-refractivity contribution in [3.8, 4) is 17.2 Å². The molecule has 0 aromatic heterocycles. The van der Waals surface area contributed by atoms with Crippen molar-refractivity contribution in [1.82, 2.24) is 0 Å². The summed E-state index contributed by atoms with van der Waals surface area (Å²) in [7, 11) is 1.37. The Labute approximate surface area is 226 Å². The van der Waals surface area contributed by atoms with Crippen LogP contribution in [0.1, 0.15) is 88.9 Å². The third-order valence-electron chi connectivity index (χ3n) is 9.11. The molecule has 1 fully saturated rings. The minimum atomic E-state index is -2.04. The van der Waals surface area contributed by atoms with Crippen molar-refractivity contribution in [2.24, 2.45) is 11.8 Å². The van der Waals surface area contributed by atoms with Gasteiger partial charge in [0.25, 0.3) is 0 Å². The van der Waals surface area contributed by atoms with Crippen molar-refractivity contribution in [1.29, 1.82) is 0 Å². The summed E-state index contributed by atoms with van der Waals surface area (Å²) in [5.74, 6) is -3.05. The highest BCUT2D eigenvalue weighted by molar-refractivity contribution is 6.31. The van der Waals surface area contributed by atoms with Crippen LogP contribution < -0.4 is 4.74 Å². The van der Waals surface area contributed by atoms with E-state index in [0.717, 1.165) is 0 Å². The molecule has 9 nitrogen and oxygen atoms in total. The molecular formula is C30H34O9. The van der Waals surface area contributed by atoms with Gasteiger partial charge < -0.3 is 29.9 Å². The minimum absolute atomic E-state index is 0.00118. The van der Waals surface area contributed by atoms with Gasteiger partial charge in [0.15, 0.2) is 11.6 Å². The van der Waals surface area contributed by atoms with Crippen molar-refractivity contribution in [3.63, 3.8) is 0 Å². The highest BCUT2D eigenvalue weighted by Crippen LogP contribution is 2.53. The maximum Gasteiger partial charge on any atom is 0.202 e. The van der Waals surface area contributed by atoms with Crippen LogP contribution in [0, 0.1) is 11.8 Å². The van der Waals surface area contributed by atoms with E-state index in [9.17, 15) is 34.8 Å². The predicted molar refractivity (Wildman–Crippen MR) is 140 cm³/mol. The first kappa shape index (κ1) is 27.3. The summed E-state index contributed by atoms with van der Waals surface area (Å²) in [6, 6.07) is 4.53. The normalized spacial score (nSPS) is 29.8. The number of ether oxygens (including phenoxy) is 2. The zero-order valence-electron chi connectivity index (χ0n) is 22.5. The summed E-state index contributed by atoms with van der Waals surface area (Å²) < 4.78 is 11.6. The van der Waals surface area contributed by atoms with Crippen LogP contribution in [0.5, 0.6) is 17.2 Å². The molecule has 2 unspecified atom stereocenters. The van der Waals surface area contributed by atoms with Gasteiger partial charge in [-0.2, -0.15) is 0 Å². The molecule has 6 atom stereocenters. The lowest BCUT2D eigenvalue weighted by atomic mass is 9.67. The van der Waals surface area contributed by atoms with Crippen LogP contribution in [0.4, 0.5) is 0 Å². The second kappa shape index (κ2) is 9.73. The molecule has 208 valence electrons. The van der Waals surface area contributed by atoms with Crippen LogP contribution in [0.25, 0.3) is 0 Å². The predicted octanol–water partition coefficient (Wildman–Crippen LogP) is 3.04. The zero-order valence-corrected chi connectivity index (χ0v) is 22.5. The van der Waals surface area contributed by atoms with Gasteiger partial charge in [-0.15, -0.1) is 0 Å². The number of methoxy groups -OCH3 is 1. The van der Waals surface area contributed by atoms with Crippen molar-refractivity contribution >= 4 is 17.3 Å². The Hall–Kier alpha value is -3.27. The Morgan fingerprint density at radius 3 is 2.41 bits per heavy atom. The van der Waals surface area contributed by atoms with Crippen LogP contribution >= 0.6 is 0 Å². The van der Waals surface area contributed by atoms with E-state index in [1.165, 1.54) is 19.2 Å². The largest absolute Gasteiger partial charge is 0.507 e. The number of ketones is 3. The minimum Gasteiger partial charge on any atom is -0.507 e. The van der Waals surface area contributed by atoms with Crippen LogP contribution in [-0.2, 0) is 16.0 Å². The number of hydrogen-bond donors (Lipinski definition) is 4. The van der Waals surface area contributed by atoms with E-state index in [-0.39, 0.29) is 57.8 Å². The number of benzene rings is 2. The van der Waals surface area contributed by atoms with Crippen LogP contribution in [0.15, 0.2) is 18.2 Å². The molecule has 39 heavy (non-hydrogen) atoms. The third kappa shape index (κ3) is 4.15. The van der Waals surface area contributed by atoms with E-state index in [2.05, 4.69) is 13.8 Å². The molecule has 9 heteroatoms. The van der Waals surface area contributed by atoms with E-state index in [0.29, 0.717) is 24.7 Å². The van der Waals surface area contributed by atoms with Crippen LogP contribution in [-0.4, -0.2) is 69.3 Å². The molecule has 0 amide bonds. The smallest absolute Gasteiger partial charge is 0.202 e. The number of aliphatic hydroxyl groups is 2. The number of aliphatic hydroxyl groups excluding tert-OH is 1. The number of Topliss-reactive ketones (excluding diaryl/α,β-unsaturated/α-hetero) is 1. The van der Waals surface area contributed by atoms with Gasteiger partial charge in [-0.3, -0.25) is 14.4 Å². The zero-order chi connectivity index (χ0) is 28.4. The van der Waals surface area contributed by atoms with Gasteiger partial charge in [0.2, 0.25) is 5.78 Å². The second-order valence-corrected chi connectivity index (χ2v) is 11.3. The molecule has 4 N–H and O–H groups in total. The fourth-order valence-electron chi connectivity index (χ4n) is 6.72. The Balaban J connectivity index is 1.69. The first-order valence-corrected chi connectivity index (χ1v) is 13.3. The van der Waals surface area contributed by atoms with Gasteiger partial charge in [-0.05, 0) is 50.0 Å². The lowest BCUT2D eigenvalue weighted by Gasteiger charge is -2.42. The topological polar surface area (TPSA) is 151 Å². The average molecular weight is 539 g/mol. The molecule has 5 rings (SSSR count). The van der Waals surface area contributed by atoms with Crippen molar-refractivity contribution in [2.45, 2.75) is 70.2 Å². The molecule has 0 spiro atoms. The van der Waals surface area contributed by atoms with E-state index < -0.39 is 53.4 Å². The van der Waals surface area contributed by atoms with E-state index in [1.54, 1.807) is 6.07 Å². The van der Waals surface area contributed by atoms with Gasteiger partial charge in [0.1, 0.15) is 29.5 Å². The number of aromatic hydroxyl groups is 2. The van der Waals surface area contributed by atoms with E-state index in [4.69, 9.17) is 9.47 Å². The molecule has 0 saturated carbocycles. The van der Waals surface area contributed by atoms with Crippen LogP contribution in [0.2, 0.25) is 0 Å². The fraction of sp³-hybridized carbons (Fsp3) is 0.500. The number of fused-ring (bicyclic) bond motifs is 3. The highest BCUT2D eigenvalue weighted by atomic mass is 16.5. The summed E-state index contributed by atoms with van der Waals surface area (Å²) in [6.07, 6.45) is 0.130. The molecule has 1 heterocycles. The maximum absolute atomic E-state index is 13.7. The van der Waals surface area contributed by atoms with Crippen molar-refractivity contribution < 1.29 is 44.3 Å². The van der Waals surface area contributed by atoms with Gasteiger partial charge >= 0.3 is 0 Å². The van der Waals surface area contributed by atoms with Crippen molar-refractivity contribution in [2.75, 3.05) is 13.7 Å². The summed E-state index contributed by atoms with van der Waals surface area (Å²) in [4.78, 5) is 40.0. The maximum atomic E-state index is 13.7. The number of carbonyl (C=O) groups is 3. The highest BCUT2D eigenvalue weighted by Gasteiger charge is 2.49. The average Bonchev–Trinajstić information content (AvgIpc) is 2.90. The quantitative estimate of drug-likeness (QED) is 0.359. The summed E-state index contributed by atoms with van der Waals surface area (Å²) in [5, 5.41) is 44.0. The first-order chi connectivity index (χ1) is 18.4. The Kier molecular flexibility index (Phi) is 6.81. The number of rotatable bonds is 5. The standard InChI is InChI=1S/C30H34O9/c1-13-8-17(39-15(3)14(13)2)9-16-10-30(37,21(32)12-31)11-19-22(16)28(35)25-24(27(19)34)26(33)18-6-5-7-20(38-4)23(18)29(25)36/h5-7,13-17,31,34-35,37H,8-12H2,1-4H3/t13?,14-,15?,16-,17+,30+/m0/s1. The third-order valence-corrected chi connectivity index (χ3v) is 9.11. The first-order valence-electron chi connectivity index (χ1n) is 13.3. The monoisotopic (exact) mass is 538 g/mol. The van der Waals surface area contributed by atoms with Gasteiger partial charge in [0.05, 0.1) is 36.0 Å². The lowest BCUT2D eigenvalue weighted by molar-refractivity contribution is -0.143. The SMILES string of the molecule is COc1cccc2c1C(=O)c1c(O)c3c(c(O)c1C2=O)C[C@@](O)(C(=O)CO)C[C@@H]3C[C@H]1CC(C)[C@H](C)C(C)O1. The number of phenolic OH excluding ortho intramolecular Hbond substituents is 2. The number of phenols is 2. The molecule has 3 aliphatic rings. The molecule has 2 aromatic carbocycles. The van der Waals surface area contributed by atoms with Crippen LogP contribution in [0.3, 0.4) is 0 Å². The lowest BCUT2D eigenvalue weighted by Crippen LogP contribution is -2.48. The second-order valence-electron chi connectivity index (χ2n) is 11.3. The molecule has 1 saturated heterocycles. The Bertz CT molecular complexity index is 1370. The van der Waals surface area contributed by atoms with E-state index in [1.807, 2.05) is 6.92 Å². The summed E-state index contributed by atoms with van der Waals surface area (Å²) >= 11 is 0. The van der Waals surface area contributed by atoms with Gasteiger partial charge in [-0.25, -0.2) is 0 Å². The summed E-state index contributed by atoms with van der Waals surface area (Å²) in [6.45, 7) is 5.33.